The Morgan fingerprint density at radius 1 is 1.11 bits per heavy atom. The number of nitrogens with one attached hydrogen (secondary N) is 2. The van der Waals surface area contributed by atoms with E-state index in [4.69, 9.17) is 0 Å². The lowest BCUT2D eigenvalue weighted by atomic mass is 10.0. The highest BCUT2D eigenvalue weighted by molar-refractivity contribution is 6.03. The number of rotatable bonds is 3. The number of pyridine rings is 1. The number of carbonyl (C=O) groups is 1. The normalized spacial score (nSPS) is 11.6. The number of hydrogen-bond donors (Lipinski definition) is 2. The molecule has 1 amide bonds. The number of carbonyl (C=O) groups excluding carboxylic acids is 1. The van der Waals surface area contributed by atoms with E-state index in [2.05, 4.69) is 10.3 Å². The van der Waals surface area contributed by atoms with Gasteiger partial charge in [-0.2, -0.15) is 13.2 Å². The quantitative estimate of drug-likeness (QED) is 0.672. The summed E-state index contributed by atoms with van der Waals surface area (Å²) in [6.07, 6.45) is -3.66. The summed E-state index contributed by atoms with van der Waals surface area (Å²) in [6, 6.07) is 7.31. The van der Waals surface area contributed by atoms with Gasteiger partial charge in [0.15, 0.2) is 0 Å². The van der Waals surface area contributed by atoms with Crippen molar-refractivity contribution in [2.75, 3.05) is 5.32 Å². The highest BCUT2D eigenvalue weighted by Gasteiger charge is 2.33. The number of halogens is 4. The maximum Gasteiger partial charge on any atom is 0.419 e. The SMILES string of the molecule is Cc1ccc2c(=O)[nH]ccc2c1NC(=O)Cc1ccc(C(F)(F)F)c(F)c1. The molecule has 0 radical (unpaired) electrons. The van der Waals surface area contributed by atoms with Gasteiger partial charge in [0, 0.05) is 17.0 Å². The minimum Gasteiger partial charge on any atom is -0.329 e. The fraction of sp³-hybridized carbons (Fsp3) is 0.158. The molecule has 4 nitrogen and oxygen atoms in total. The topological polar surface area (TPSA) is 62.0 Å². The highest BCUT2D eigenvalue weighted by atomic mass is 19.4. The number of aromatic nitrogens is 1. The van der Waals surface area contributed by atoms with Crippen LogP contribution in [0.1, 0.15) is 16.7 Å². The number of aromatic amines is 1. The van der Waals surface area contributed by atoms with E-state index in [1.807, 2.05) is 0 Å². The molecule has 27 heavy (non-hydrogen) atoms. The third kappa shape index (κ3) is 3.84. The molecule has 0 unspecified atom stereocenters. The predicted molar refractivity (Wildman–Crippen MR) is 93.0 cm³/mol. The zero-order valence-electron chi connectivity index (χ0n) is 14.1. The van der Waals surface area contributed by atoms with Crippen molar-refractivity contribution in [1.29, 1.82) is 0 Å². The minimum absolute atomic E-state index is 0.105. The van der Waals surface area contributed by atoms with Gasteiger partial charge in [-0.05, 0) is 42.3 Å². The number of H-pyrrole nitrogens is 1. The summed E-state index contributed by atoms with van der Waals surface area (Å²) in [6.45, 7) is 1.74. The van der Waals surface area contributed by atoms with Crippen LogP contribution >= 0.6 is 0 Å². The fourth-order valence-electron chi connectivity index (χ4n) is 2.81. The average Bonchev–Trinajstić information content (AvgIpc) is 2.56. The first-order valence-electron chi connectivity index (χ1n) is 7.93. The number of fused-ring (bicyclic) bond motifs is 1. The monoisotopic (exact) mass is 378 g/mol. The summed E-state index contributed by atoms with van der Waals surface area (Å²) in [7, 11) is 0. The molecule has 0 aliphatic carbocycles. The number of anilines is 1. The first kappa shape index (κ1) is 18.6. The summed E-state index contributed by atoms with van der Waals surface area (Å²) in [5.74, 6) is -1.97. The molecular formula is C19H14F4N2O2. The molecule has 0 aliphatic heterocycles. The Balaban J connectivity index is 1.86. The van der Waals surface area contributed by atoms with E-state index in [9.17, 15) is 27.2 Å². The van der Waals surface area contributed by atoms with Gasteiger partial charge in [-0.15, -0.1) is 0 Å². The zero-order valence-corrected chi connectivity index (χ0v) is 14.1. The highest BCUT2D eigenvalue weighted by Crippen LogP contribution is 2.31. The van der Waals surface area contributed by atoms with Crippen LogP contribution in [0.5, 0.6) is 0 Å². The third-order valence-corrected chi connectivity index (χ3v) is 4.13. The fourth-order valence-corrected chi connectivity index (χ4v) is 2.81. The van der Waals surface area contributed by atoms with Crippen LogP contribution < -0.4 is 10.9 Å². The number of aryl methyl sites for hydroxylation is 1. The van der Waals surface area contributed by atoms with Crippen LogP contribution in [0.2, 0.25) is 0 Å². The Labute approximate surface area is 150 Å². The van der Waals surface area contributed by atoms with Crippen LogP contribution in [0.4, 0.5) is 23.2 Å². The first-order chi connectivity index (χ1) is 12.7. The molecule has 0 spiro atoms. The minimum atomic E-state index is -4.79. The van der Waals surface area contributed by atoms with Crippen LogP contribution in [0.25, 0.3) is 10.8 Å². The summed E-state index contributed by atoms with van der Waals surface area (Å²) >= 11 is 0. The number of alkyl halides is 3. The Hall–Kier alpha value is -3.16. The van der Waals surface area contributed by atoms with Crippen molar-refractivity contribution < 1.29 is 22.4 Å². The van der Waals surface area contributed by atoms with Gasteiger partial charge in [0.05, 0.1) is 17.7 Å². The molecule has 2 N–H and O–H groups in total. The van der Waals surface area contributed by atoms with Crippen LogP contribution in [0.15, 0.2) is 47.4 Å². The standard InChI is InChI=1S/C19H14F4N2O2/c1-10-2-4-13-12(6-7-24-18(13)27)17(10)25-16(26)9-11-3-5-14(15(20)8-11)19(21,22)23/h2-8H,9H2,1H3,(H,24,27)(H,25,26). The van der Waals surface area contributed by atoms with Gasteiger partial charge in [0.1, 0.15) is 5.82 Å². The van der Waals surface area contributed by atoms with Crippen molar-refractivity contribution in [3.8, 4) is 0 Å². The van der Waals surface area contributed by atoms with Gasteiger partial charge in [-0.1, -0.05) is 12.1 Å². The van der Waals surface area contributed by atoms with Crippen molar-refractivity contribution in [3.63, 3.8) is 0 Å². The maximum atomic E-state index is 13.7. The molecule has 0 saturated heterocycles. The van der Waals surface area contributed by atoms with E-state index >= 15 is 0 Å². The molecule has 1 aromatic heterocycles. The van der Waals surface area contributed by atoms with Gasteiger partial charge < -0.3 is 10.3 Å². The van der Waals surface area contributed by atoms with Gasteiger partial charge in [-0.3, -0.25) is 9.59 Å². The van der Waals surface area contributed by atoms with E-state index < -0.39 is 23.5 Å². The summed E-state index contributed by atoms with van der Waals surface area (Å²) in [5.41, 5.74) is -0.451. The van der Waals surface area contributed by atoms with Gasteiger partial charge in [-0.25, -0.2) is 4.39 Å². The van der Waals surface area contributed by atoms with Crippen molar-refractivity contribution in [1.82, 2.24) is 4.98 Å². The zero-order chi connectivity index (χ0) is 19.8. The largest absolute Gasteiger partial charge is 0.419 e. The number of hydrogen-bond acceptors (Lipinski definition) is 2. The van der Waals surface area contributed by atoms with Gasteiger partial charge in [0.2, 0.25) is 5.91 Å². The Kier molecular flexibility index (Phi) is 4.73. The van der Waals surface area contributed by atoms with Crippen molar-refractivity contribution >= 4 is 22.4 Å². The predicted octanol–water partition coefficient (Wildman–Crippen LogP) is 4.18. The maximum absolute atomic E-state index is 13.7. The Morgan fingerprint density at radius 2 is 1.85 bits per heavy atom. The molecule has 0 aliphatic rings. The van der Waals surface area contributed by atoms with Crippen molar-refractivity contribution in [3.05, 3.63) is 75.5 Å². The molecule has 3 aromatic rings. The molecule has 1 heterocycles. The molecule has 8 heteroatoms. The first-order valence-corrected chi connectivity index (χ1v) is 7.93. The van der Waals surface area contributed by atoms with Gasteiger partial charge in [0.25, 0.3) is 5.56 Å². The van der Waals surface area contributed by atoms with E-state index in [1.165, 1.54) is 6.20 Å². The van der Waals surface area contributed by atoms with Crippen molar-refractivity contribution in [2.45, 2.75) is 19.5 Å². The smallest absolute Gasteiger partial charge is 0.329 e. The average molecular weight is 378 g/mol. The lowest BCUT2D eigenvalue weighted by Gasteiger charge is -2.12. The molecule has 2 aromatic carbocycles. The van der Waals surface area contributed by atoms with E-state index in [-0.39, 0.29) is 17.5 Å². The van der Waals surface area contributed by atoms with Crippen LogP contribution in [-0.2, 0) is 17.4 Å². The van der Waals surface area contributed by atoms with Crippen molar-refractivity contribution in [2.24, 2.45) is 0 Å². The van der Waals surface area contributed by atoms with Crippen LogP contribution in [0, 0.1) is 12.7 Å². The molecule has 0 saturated carbocycles. The summed E-state index contributed by atoms with van der Waals surface area (Å²) in [5, 5.41) is 3.58. The summed E-state index contributed by atoms with van der Waals surface area (Å²) < 4.78 is 51.5. The molecule has 0 atom stereocenters. The second kappa shape index (κ2) is 6.86. The molecule has 0 fully saturated rings. The molecular weight excluding hydrogens is 364 g/mol. The van der Waals surface area contributed by atoms with E-state index in [0.29, 0.717) is 34.2 Å². The third-order valence-electron chi connectivity index (χ3n) is 4.13. The molecule has 3 rings (SSSR count). The summed E-state index contributed by atoms with van der Waals surface area (Å²) in [4.78, 5) is 26.7. The van der Waals surface area contributed by atoms with Crippen LogP contribution in [-0.4, -0.2) is 10.9 Å². The molecule has 0 bridgehead atoms. The second-order valence-electron chi connectivity index (χ2n) is 6.06. The lowest BCUT2D eigenvalue weighted by molar-refractivity contribution is -0.140. The number of amides is 1. The van der Waals surface area contributed by atoms with Crippen LogP contribution in [0.3, 0.4) is 0 Å². The second-order valence-corrected chi connectivity index (χ2v) is 6.06. The Morgan fingerprint density at radius 3 is 2.52 bits per heavy atom. The van der Waals surface area contributed by atoms with E-state index in [0.717, 1.165) is 6.07 Å². The Bertz CT molecular complexity index is 1090. The van der Waals surface area contributed by atoms with E-state index in [1.54, 1.807) is 25.1 Å². The van der Waals surface area contributed by atoms with Gasteiger partial charge >= 0.3 is 6.18 Å². The molecule has 140 valence electrons. The number of benzene rings is 2. The lowest BCUT2D eigenvalue weighted by Crippen LogP contribution is -2.17.